The summed E-state index contributed by atoms with van der Waals surface area (Å²) in [4.78, 5) is 0. The van der Waals surface area contributed by atoms with E-state index < -0.39 is 0 Å². The zero-order valence-electron chi connectivity index (χ0n) is 6.25. The number of rotatable bonds is 1. The molecule has 0 amide bonds. The van der Waals surface area contributed by atoms with Crippen LogP contribution >= 0.6 is 22.9 Å². The molecule has 1 radical (unpaired) electrons. The SMILES string of the molecule is Clc1ccccc1-c1[c]scc1. The van der Waals surface area contributed by atoms with Gasteiger partial charge in [0.25, 0.3) is 0 Å². The molecular weight excluding hydrogens is 188 g/mol. The number of benzene rings is 1. The highest BCUT2D eigenvalue weighted by Crippen LogP contribution is 2.28. The molecule has 2 aromatic rings. The molecule has 0 N–H and O–H groups in total. The molecule has 1 aromatic carbocycles. The molecule has 0 aliphatic carbocycles. The van der Waals surface area contributed by atoms with Crippen LogP contribution in [0, 0.1) is 5.38 Å². The van der Waals surface area contributed by atoms with Gasteiger partial charge in [0, 0.05) is 16.1 Å². The first-order valence-corrected chi connectivity index (χ1v) is 4.84. The fourth-order valence-electron chi connectivity index (χ4n) is 1.06. The molecule has 1 aromatic heterocycles. The molecule has 0 aliphatic heterocycles. The van der Waals surface area contributed by atoms with Crippen LogP contribution in [0.4, 0.5) is 0 Å². The average molecular weight is 194 g/mol. The lowest BCUT2D eigenvalue weighted by molar-refractivity contribution is 1.67. The Balaban J connectivity index is 2.55. The van der Waals surface area contributed by atoms with Crippen LogP contribution in [0.1, 0.15) is 0 Å². The maximum Gasteiger partial charge on any atom is 0.0527 e. The van der Waals surface area contributed by atoms with Crippen molar-refractivity contribution < 1.29 is 0 Å². The molecule has 0 nitrogen and oxygen atoms in total. The third-order valence-corrected chi connectivity index (χ3v) is 2.58. The summed E-state index contributed by atoms with van der Waals surface area (Å²) in [5.74, 6) is 0. The van der Waals surface area contributed by atoms with Gasteiger partial charge in [0.05, 0.1) is 5.38 Å². The topological polar surface area (TPSA) is 0 Å². The Labute approximate surface area is 80.4 Å². The predicted molar refractivity (Wildman–Crippen MR) is 53.6 cm³/mol. The summed E-state index contributed by atoms with van der Waals surface area (Å²) in [5, 5.41) is 5.93. The van der Waals surface area contributed by atoms with Gasteiger partial charge in [-0.2, -0.15) is 0 Å². The number of hydrogen-bond donors (Lipinski definition) is 0. The first kappa shape index (κ1) is 7.84. The number of halogens is 1. The van der Waals surface area contributed by atoms with E-state index >= 15 is 0 Å². The molecule has 0 atom stereocenters. The van der Waals surface area contributed by atoms with Crippen molar-refractivity contribution in [3.8, 4) is 11.1 Å². The van der Waals surface area contributed by atoms with Crippen molar-refractivity contribution in [2.75, 3.05) is 0 Å². The second-order valence-electron chi connectivity index (χ2n) is 2.42. The van der Waals surface area contributed by atoms with Crippen molar-refractivity contribution in [3.05, 3.63) is 46.1 Å². The van der Waals surface area contributed by atoms with Crippen molar-refractivity contribution in [1.29, 1.82) is 0 Å². The van der Waals surface area contributed by atoms with E-state index in [0.717, 1.165) is 16.1 Å². The fourth-order valence-corrected chi connectivity index (χ4v) is 1.87. The van der Waals surface area contributed by atoms with Crippen LogP contribution in [0.5, 0.6) is 0 Å². The van der Waals surface area contributed by atoms with Gasteiger partial charge in [-0.1, -0.05) is 29.8 Å². The van der Waals surface area contributed by atoms with Crippen molar-refractivity contribution in [2.45, 2.75) is 0 Å². The normalized spacial score (nSPS) is 10.1. The molecule has 12 heavy (non-hydrogen) atoms. The second kappa shape index (κ2) is 3.30. The van der Waals surface area contributed by atoms with Gasteiger partial charge in [0.2, 0.25) is 0 Å². The molecule has 0 aliphatic rings. The highest BCUT2D eigenvalue weighted by molar-refractivity contribution is 7.07. The summed E-state index contributed by atoms with van der Waals surface area (Å²) >= 11 is 7.56. The minimum absolute atomic E-state index is 0.784. The van der Waals surface area contributed by atoms with Crippen molar-refractivity contribution in [2.24, 2.45) is 0 Å². The van der Waals surface area contributed by atoms with E-state index in [2.05, 4.69) is 5.38 Å². The highest BCUT2D eigenvalue weighted by Gasteiger charge is 2.01. The van der Waals surface area contributed by atoms with Crippen molar-refractivity contribution in [1.82, 2.24) is 0 Å². The monoisotopic (exact) mass is 193 g/mol. The van der Waals surface area contributed by atoms with E-state index in [-0.39, 0.29) is 0 Å². The molecule has 0 spiro atoms. The molecular formula is C10H6ClS. The third kappa shape index (κ3) is 1.38. The summed E-state index contributed by atoms with van der Waals surface area (Å²) in [7, 11) is 0. The Morgan fingerprint density at radius 1 is 1.17 bits per heavy atom. The van der Waals surface area contributed by atoms with Gasteiger partial charge in [-0.15, -0.1) is 11.3 Å². The van der Waals surface area contributed by atoms with Gasteiger partial charge < -0.3 is 0 Å². The van der Waals surface area contributed by atoms with E-state index in [1.165, 1.54) is 0 Å². The Morgan fingerprint density at radius 3 is 2.67 bits per heavy atom. The molecule has 0 saturated heterocycles. The van der Waals surface area contributed by atoms with E-state index in [9.17, 15) is 0 Å². The van der Waals surface area contributed by atoms with Crippen LogP contribution in [-0.4, -0.2) is 0 Å². The summed E-state index contributed by atoms with van der Waals surface area (Å²) in [6.07, 6.45) is 0. The van der Waals surface area contributed by atoms with Crippen molar-refractivity contribution in [3.63, 3.8) is 0 Å². The Hall–Kier alpha value is -0.790. The van der Waals surface area contributed by atoms with Crippen LogP contribution in [0.15, 0.2) is 35.7 Å². The van der Waals surface area contributed by atoms with Gasteiger partial charge >= 0.3 is 0 Å². The molecule has 0 fully saturated rings. The van der Waals surface area contributed by atoms with E-state index in [0.29, 0.717) is 0 Å². The van der Waals surface area contributed by atoms with Crippen LogP contribution in [0.3, 0.4) is 0 Å². The molecule has 0 unspecified atom stereocenters. The van der Waals surface area contributed by atoms with Crippen LogP contribution in [-0.2, 0) is 0 Å². The first-order valence-electron chi connectivity index (χ1n) is 3.58. The van der Waals surface area contributed by atoms with Gasteiger partial charge in [-0.3, -0.25) is 0 Å². The van der Waals surface area contributed by atoms with E-state index in [4.69, 9.17) is 11.6 Å². The van der Waals surface area contributed by atoms with Crippen LogP contribution in [0.25, 0.3) is 11.1 Å². The zero-order valence-corrected chi connectivity index (χ0v) is 7.82. The maximum atomic E-state index is 6.00. The summed E-state index contributed by atoms with van der Waals surface area (Å²) in [6, 6.07) is 9.82. The molecule has 2 rings (SSSR count). The molecule has 1 heterocycles. The lowest BCUT2D eigenvalue weighted by Gasteiger charge is -1.98. The number of hydrogen-bond acceptors (Lipinski definition) is 1. The second-order valence-corrected chi connectivity index (χ2v) is 3.54. The minimum Gasteiger partial charge on any atom is -0.142 e. The summed E-state index contributed by atoms with van der Waals surface area (Å²) in [6.45, 7) is 0. The Morgan fingerprint density at radius 2 is 2.00 bits per heavy atom. The van der Waals surface area contributed by atoms with Gasteiger partial charge in [0.1, 0.15) is 0 Å². The van der Waals surface area contributed by atoms with Crippen molar-refractivity contribution >= 4 is 22.9 Å². The lowest BCUT2D eigenvalue weighted by Crippen LogP contribution is -1.73. The summed E-state index contributed by atoms with van der Waals surface area (Å²) in [5.41, 5.74) is 2.13. The minimum atomic E-state index is 0.784. The van der Waals surface area contributed by atoms with E-state index in [1.54, 1.807) is 11.3 Å². The predicted octanol–water partition coefficient (Wildman–Crippen LogP) is 3.87. The summed E-state index contributed by atoms with van der Waals surface area (Å²) < 4.78 is 0. The van der Waals surface area contributed by atoms with E-state index in [1.807, 2.05) is 35.7 Å². The van der Waals surface area contributed by atoms with Crippen LogP contribution < -0.4 is 0 Å². The standard InChI is InChI=1S/C10H6ClS/c11-10-4-2-1-3-9(10)8-5-6-12-7-8/h1-6H. The Bertz CT molecular complexity index is 365. The van der Waals surface area contributed by atoms with Crippen LogP contribution in [0.2, 0.25) is 5.02 Å². The molecule has 59 valence electrons. The highest BCUT2D eigenvalue weighted by atomic mass is 35.5. The quantitative estimate of drug-likeness (QED) is 0.645. The zero-order chi connectivity index (χ0) is 8.39. The van der Waals surface area contributed by atoms with Gasteiger partial charge in [-0.25, -0.2) is 0 Å². The largest absolute Gasteiger partial charge is 0.142 e. The fraction of sp³-hybridized carbons (Fsp3) is 0. The molecule has 0 bridgehead atoms. The molecule has 2 heteroatoms. The van der Waals surface area contributed by atoms with Gasteiger partial charge in [-0.05, 0) is 17.5 Å². The first-order chi connectivity index (χ1) is 5.88. The number of thiophene rings is 1. The Kier molecular flexibility index (Phi) is 2.15. The average Bonchev–Trinajstić information content (AvgIpc) is 2.57. The smallest absolute Gasteiger partial charge is 0.0527 e. The van der Waals surface area contributed by atoms with Gasteiger partial charge in [0.15, 0.2) is 0 Å². The maximum absolute atomic E-state index is 6.00. The lowest BCUT2D eigenvalue weighted by atomic mass is 10.1. The molecule has 0 saturated carbocycles. The third-order valence-electron chi connectivity index (χ3n) is 1.64.